The lowest BCUT2D eigenvalue weighted by Crippen LogP contribution is -2.11. The van der Waals surface area contributed by atoms with Gasteiger partial charge >= 0.3 is 0 Å². The second-order valence-corrected chi connectivity index (χ2v) is 5.22. The summed E-state index contributed by atoms with van der Waals surface area (Å²) in [6.45, 7) is 1.24. The zero-order valence-electron chi connectivity index (χ0n) is 13.1. The number of imidazole rings is 1. The molecule has 3 N–H and O–H groups in total. The second-order valence-electron chi connectivity index (χ2n) is 5.22. The lowest BCUT2D eigenvalue weighted by Gasteiger charge is -2.14. The fraction of sp³-hybridized carbons (Fsp3) is 0.111. The van der Waals surface area contributed by atoms with Crippen molar-refractivity contribution in [3.63, 3.8) is 0 Å². The molecule has 0 saturated carbocycles. The van der Waals surface area contributed by atoms with Crippen LogP contribution in [0.2, 0.25) is 0 Å². The van der Waals surface area contributed by atoms with Gasteiger partial charge < -0.3 is 20.4 Å². The van der Waals surface area contributed by atoms with E-state index in [9.17, 15) is 4.79 Å². The molecule has 6 heteroatoms. The molecule has 1 aromatic heterocycles. The first-order valence-electron chi connectivity index (χ1n) is 7.57. The number of amides is 1. The summed E-state index contributed by atoms with van der Waals surface area (Å²) in [5.41, 5.74) is 7.37. The van der Waals surface area contributed by atoms with Gasteiger partial charge in [0.05, 0.1) is 18.6 Å². The number of nitrogens with two attached hydrogens (primary N) is 1. The number of ether oxygens (including phenoxy) is 1. The van der Waals surface area contributed by atoms with Gasteiger partial charge in [-0.2, -0.15) is 0 Å². The number of para-hydroxylation sites is 2. The molecule has 0 radical (unpaired) electrons. The molecule has 122 valence electrons. The molecule has 0 bridgehead atoms. The number of rotatable bonds is 7. The highest BCUT2D eigenvalue weighted by atomic mass is 16.5. The van der Waals surface area contributed by atoms with Gasteiger partial charge in [-0.3, -0.25) is 4.79 Å². The minimum Gasteiger partial charge on any atom is -0.490 e. The summed E-state index contributed by atoms with van der Waals surface area (Å²) >= 11 is 0. The Morgan fingerprint density at radius 1 is 1.21 bits per heavy atom. The minimum atomic E-state index is -0.455. The van der Waals surface area contributed by atoms with Crippen LogP contribution in [0.25, 0.3) is 0 Å². The number of anilines is 2. The molecule has 1 heterocycles. The Hall–Kier alpha value is -3.28. The van der Waals surface area contributed by atoms with Gasteiger partial charge in [-0.15, -0.1) is 0 Å². The lowest BCUT2D eigenvalue weighted by molar-refractivity contribution is 0.100. The zero-order chi connectivity index (χ0) is 16.8. The Morgan fingerprint density at radius 2 is 2.08 bits per heavy atom. The van der Waals surface area contributed by atoms with Crippen molar-refractivity contribution >= 4 is 17.3 Å². The highest BCUT2D eigenvalue weighted by molar-refractivity contribution is 5.94. The van der Waals surface area contributed by atoms with Crippen LogP contribution in [0.5, 0.6) is 5.75 Å². The van der Waals surface area contributed by atoms with E-state index in [2.05, 4.69) is 10.3 Å². The third kappa shape index (κ3) is 3.92. The van der Waals surface area contributed by atoms with E-state index in [0.717, 1.165) is 17.1 Å². The fourth-order valence-electron chi connectivity index (χ4n) is 2.28. The molecular formula is C18H18N4O2. The maximum atomic E-state index is 11.3. The molecule has 0 aliphatic heterocycles. The molecule has 3 rings (SSSR count). The van der Waals surface area contributed by atoms with E-state index in [4.69, 9.17) is 10.5 Å². The monoisotopic (exact) mass is 322 g/mol. The number of hydrogen-bond acceptors (Lipinski definition) is 4. The molecule has 0 atom stereocenters. The Labute approximate surface area is 139 Å². The topological polar surface area (TPSA) is 82.2 Å². The summed E-state index contributed by atoms with van der Waals surface area (Å²) in [4.78, 5) is 15.3. The number of primary amides is 1. The first-order chi connectivity index (χ1) is 11.7. The number of carbonyl (C=O) groups is 1. The normalized spacial score (nSPS) is 10.3. The van der Waals surface area contributed by atoms with Gasteiger partial charge in [-0.25, -0.2) is 4.98 Å². The Kier molecular flexibility index (Phi) is 4.76. The van der Waals surface area contributed by atoms with Gasteiger partial charge in [-0.05, 0) is 30.3 Å². The minimum absolute atomic E-state index is 0.455. The van der Waals surface area contributed by atoms with Crippen LogP contribution in [0.15, 0.2) is 67.3 Å². The first-order valence-corrected chi connectivity index (χ1v) is 7.57. The number of carbonyl (C=O) groups excluding carboxylic acids is 1. The van der Waals surface area contributed by atoms with E-state index in [1.54, 1.807) is 30.7 Å². The van der Waals surface area contributed by atoms with E-state index in [1.807, 2.05) is 41.1 Å². The van der Waals surface area contributed by atoms with Crippen LogP contribution in [0.4, 0.5) is 11.4 Å². The predicted molar refractivity (Wildman–Crippen MR) is 92.4 cm³/mol. The van der Waals surface area contributed by atoms with Crippen molar-refractivity contribution in [2.75, 3.05) is 11.9 Å². The van der Waals surface area contributed by atoms with Crippen LogP contribution in [0.3, 0.4) is 0 Å². The van der Waals surface area contributed by atoms with E-state index in [-0.39, 0.29) is 0 Å². The summed E-state index contributed by atoms with van der Waals surface area (Å²) in [5, 5.41) is 3.26. The van der Waals surface area contributed by atoms with Crippen LogP contribution >= 0.6 is 0 Å². The number of nitrogens with one attached hydrogen (secondary N) is 1. The maximum absolute atomic E-state index is 11.3. The molecule has 0 unspecified atom stereocenters. The number of benzene rings is 2. The van der Waals surface area contributed by atoms with Gasteiger partial charge in [0.15, 0.2) is 0 Å². The largest absolute Gasteiger partial charge is 0.490 e. The Balaban J connectivity index is 1.69. The first kappa shape index (κ1) is 15.6. The molecule has 0 aliphatic rings. The fourth-order valence-corrected chi connectivity index (χ4v) is 2.28. The maximum Gasteiger partial charge on any atom is 0.248 e. The Bertz CT molecular complexity index is 815. The molecule has 1 amide bonds. The van der Waals surface area contributed by atoms with E-state index in [0.29, 0.717) is 18.7 Å². The summed E-state index contributed by atoms with van der Waals surface area (Å²) in [7, 11) is 0. The van der Waals surface area contributed by atoms with E-state index in [1.165, 1.54) is 0 Å². The van der Waals surface area contributed by atoms with Gasteiger partial charge in [0.1, 0.15) is 12.4 Å². The second kappa shape index (κ2) is 7.32. The van der Waals surface area contributed by atoms with Crippen molar-refractivity contribution in [1.29, 1.82) is 0 Å². The highest BCUT2D eigenvalue weighted by Gasteiger charge is 2.06. The van der Waals surface area contributed by atoms with Gasteiger partial charge in [0, 0.05) is 23.6 Å². The summed E-state index contributed by atoms with van der Waals surface area (Å²) in [6.07, 6.45) is 5.38. The molecule has 2 aromatic carbocycles. The number of aromatic nitrogens is 2. The van der Waals surface area contributed by atoms with E-state index < -0.39 is 5.91 Å². The van der Waals surface area contributed by atoms with Crippen LogP contribution in [-0.4, -0.2) is 22.1 Å². The van der Waals surface area contributed by atoms with E-state index >= 15 is 0 Å². The Morgan fingerprint density at radius 3 is 2.88 bits per heavy atom. The highest BCUT2D eigenvalue weighted by Crippen LogP contribution is 2.27. The molecule has 6 nitrogen and oxygen atoms in total. The van der Waals surface area contributed by atoms with Crippen LogP contribution in [0, 0.1) is 0 Å². The van der Waals surface area contributed by atoms with Gasteiger partial charge in [0.2, 0.25) is 5.91 Å². The molecule has 0 fully saturated rings. The van der Waals surface area contributed by atoms with Gasteiger partial charge in [0.25, 0.3) is 0 Å². The van der Waals surface area contributed by atoms with Crippen molar-refractivity contribution in [3.8, 4) is 5.75 Å². The number of nitrogens with zero attached hydrogens (tertiary/aromatic N) is 2. The smallest absolute Gasteiger partial charge is 0.248 e. The van der Waals surface area contributed by atoms with Crippen molar-refractivity contribution in [2.45, 2.75) is 6.54 Å². The average molecular weight is 322 g/mol. The van der Waals surface area contributed by atoms with Crippen LogP contribution in [-0.2, 0) is 6.54 Å². The van der Waals surface area contributed by atoms with Crippen molar-refractivity contribution in [3.05, 3.63) is 72.8 Å². The lowest BCUT2D eigenvalue weighted by atomic mass is 10.2. The third-order valence-corrected chi connectivity index (χ3v) is 3.48. The summed E-state index contributed by atoms with van der Waals surface area (Å²) in [6, 6.07) is 14.7. The van der Waals surface area contributed by atoms with Gasteiger partial charge in [-0.1, -0.05) is 18.2 Å². The molecule has 0 saturated heterocycles. The molecule has 0 aliphatic carbocycles. The van der Waals surface area contributed by atoms with Crippen molar-refractivity contribution in [2.24, 2.45) is 5.73 Å². The standard InChI is InChI=1S/C18H18N4O2/c19-18(23)14-4-3-5-15(12-14)21-16-6-1-2-7-17(16)24-11-10-22-9-8-20-13-22/h1-9,12-13,21H,10-11H2,(H2,19,23). The van der Waals surface area contributed by atoms with Crippen LogP contribution < -0.4 is 15.8 Å². The number of hydrogen-bond donors (Lipinski definition) is 2. The van der Waals surface area contributed by atoms with Crippen LogP contribution in [0.1, 0.15) is 10.4 Å². The molecule has 24 heavy (non-hydrogen) atoms. The zero-order valence-corrected chi connectivity index (χ0v) is 13.1. The third-order valence-electron chi connectivity index (χ3n) is 3.48. The summed E-state index contributed by atoms with van der Waals surface area (Å²) < 4.78 is 7.81. The SMILES string of the molecule is NC(=O)c1cccc(Nc2ccccc2OCCn2ccnc2)c1. The molecular weight excluding hydrogens is 304 g/mol. The molecule has 3 aromatic rings. The van der Waals surface area contributed by atoms with Crippen molar-refractivity contribution in [1.82, 2.24) is 9.55 Å². The average Bonchev–Trinajstić information content (AvgIpc) is 3.10. The van der Waals surface area contributed by atoms with Crippen molar-refractivity contribution < 1.29 is 9.53 Å². The molecule has 0 spiro atoms. The predicted octanol–water partition coefficient (Wildman–Crippen LogP) is 2.80. The quantitative estimate of drug-likeness (QED) is 0.701. The summed E-state index contributed by atoms with van der Waals surface area (Å²) in [5.74, 6) is 0.283.